The van der Waals surface area contributed by atoms with Gasteiger partial charge in [0.25, 0.3) is 0 Å². The molecule has 1 unspecified atom stereocenters. The largest absolute Gasteiger partial charge is 0.490 e. The van der Waals surface area contributed by atoms with Gasteiger partial charge in [-0.3, -0.25) is 4.79 Å². The second kappa shape index (κ2) is 10.2. The van der Waals surface area contributed by atoms with Gasteiger partial charge in [0.1, 0.15) is 18.1 Å². The van der Waals surface area contributed by atoms with Crippen LogP contribution in [-0.4, -0.2) is 23.1 Å². The van der Waals surface area contributed by atoms with Crippen LogP contribution in [0.3, 0.4) is 0 Å². The quantitative estimate of drug-likeness (QED) is 0.331. The first kappa shape index (κ1) is 24.9. The van der Waals surface area contributed by atoms with E-state index < -0.39 is 11.7 Å². The number of aryl methyl sites for hydroxylation is 1. The van der Waals surface area contributed by atoms with Crippen molar-refractivity contribution in [3.63, 3.8) is 0 Å². The van der Waals surface area contributed by atoms with Crippen LogP contribution in [0.4, 0.5) is 13.2 Å². The number of alkyl halides is 3. The first-order valence-electron chi connectivity index (χ1n) is 11.9. The summed E-state index contributed by atoms with van der Waals surface area (Å²) < 4.78 is 59.0. The maximum Gasteiger partial charge on any atom is 0.419 e. The molecule has 0 amide bonds. The summed E-state index contributed by atoms with van der Waals surface area (Å²) in [4.78, 5) is 12.0. The van der Waals surface area contributed by atoms with Crippen LogP contribution in [0.25, 0.3) is 5.52 Å². The van der Waals surface area contributed by atoms with Gasteiger partial charge in [0, 0.05) is 23.5 Å². The second-order valence-electron chi connectivity index (χ2n) is 9.09. The Morgan fingerprint density at radius 3 is 2.69 bits per heavy atom. The van der Waals surface area contributed by atoms with Crippen molar-refractivity contribution < 1.29 is 32.2 Å². The van der Waals surface area contributed by atoms with Gasteiger partial charge in [-0.25, -0.2) is 0 Å². The summed E-state index contributed by atoms with van der Waals surface area (Å²) in [7, 11) is 0. The van der Waals surface area contributed by atoms with Crippen LogP contribution in [0, 0.1) is 0 Å². The summed E-state index contributed by atoms with van der Waals surface area (Å²) in [5.74, 6) is 0.307. The van der Waals surface area contributed by atoms with E-state index in [1.165, 1.54) is 11.8 Å². The Labute approximate surface area is 202 Å². The van der Waals surface area contributed by atoms with Crippen LogP contribution >= 0.6 is 0 Å². The van der Waals surface area contributed by atoms with Crippen molar-refractivity contribution in [1.82, 2.24) is 4.40 Å². The fourth-order valence-corrected chi connectivity index (χ4v) is 4.66. The number of halogens is 3. The van der Waals surface area contributed by atoms with Gasteiger partial charge in [0.05, 0.1) is 24.7 Å². The molecule has 0 saturated heterocycles. The average molecular weight is 490 g/mol. The average Bonchev–Trinajstić information content (AvgIpc) is 3.16. The predicted molar refractivity (Wildman–Crippen MR) is 126 cm³/mol. The van der Waals surface area contributed by atoms with Crippen LogP contribution in [0.2, 0.25) is 0 Å². The van der Waals surface area contributed by atoms with E-state index in [9.17, 15) is 18.0 Å². The van der Waals surface area contributed by atoms with E-state index in [4.69, 9.17) is 14.2 Å². The predicted octanol–water partition coefficient (Wildman–Crippen LogP) is 6.70. The zero-order chi connectivity index (χ0) is 25.2. The molecule has 4 rings (SSSR count). The molecule has 1 aliphatic rings. The number of nitrogens with zero attached hydrogens (tertiary/aromatic N) is 1. The lowest BCUT2D eigenvalue weighted by Crippen LogP contribution is -2.15. The number of hydrogen-bond donors (Lipinski definition) is 0. The molecule has 1 atom stereocenters. The zero-order valence-corrected chi connectivity index (χ0v) is 20.2. The third kappa shape index (κ3) is 5.74. The fraction of sp³-hybridized carbons (Fsp3) is 0.444. The molecule has 0 saturated carbocycles. The van der Waals surface area contributed by atoms with E-state index in [1.54, 1.807) is 26.8 Å². The van der Waals surface area contributed by atoms with Crippen LogP contribution in [0.1, 0.15) is 68.3 Å². The molecule has 3 aromatic rings. The minimum atomic E-state index is -4.52. The summed E-state index contributed by atoms with van der Waals surface area (Å²) in [5.41, 5.74) is 2.85. The summed E-state index contributed by atoms with van der Waals surface area (Å²) in [6, 6.07) is 9.76. The van der Waals surface area contributed by atoms with Gasteiger partial charge in [0.15, 0.2) is 0 Å². The summed E-state index contributed by atoms with van der Waals surface area (Å²) in [6.07, 6.45) is 0.243. The number of carbonyl (C=O) groups is 1. The molecule has 0 spiro atoms. The van der Waals surface area contributed by atoms with Gasteiger partial charge in [-0.05, 0) is 81.3 Å². The topological polar surface area (TPSA) is 49.2 Å². The van der Waals surface area contributed by atoms with Gasteiger partial charge in [-0.1, -0.05) is 6.07 Å². The highest BCUT2D eigenvalue weighted by molar-refractivity contribution is 5.71. The Hall–Kier alpha value is -3.16. The van der Waals surface area contributed by atoms with Gasteiger partial charge in [0.2, 0.25) is 0 Å². The molecular weight excluding hydrogens is 459 g/mol. The first-order valence-corrected chi connectivity index (χ1v) is 11.9. The van der Waals surface area contributed by atoms with Crippen molar-refractivity contribution >= 4 is 11.5 Å². The molecule has 0 fully saturated rings. The molecule has 0 bridgehead atoms. The summed E-state index contributed by atoms with van der Waals surface area (Å²) in [6.45, 7) is 5.54. The maximum absolute atomic E-state index is 13.5. The number of hydrogen-bond acceptors (Lipinski definition) is 4. The lowest BCUT2D eigenvalue weighted by molar-refractivity contribution is -0.143. The SMILES string of the molecule is CCOC(=O)CC1CCCc2c1cc1cc(OCc3ccc(OC(C)C)c(C(F)(F)F)c3)ccn21. The molecule has 35 heavy (non-hydrogen) atoms. The number of pyridine rings is 1. The Bertz CT molecular complexity index is 1200. The molecular formula is C27H30F3NO4. The van der Waals surface area contributed by atoms with Gasteiger partial charge in [-0.2, -0.15) is 13.2 Å². The molecule has 2 heterocycles. The molecule has 0 N–H and O–H groups in total. The lowest BCUT2D eigenvalue weighted by atomic mass is 9.85. The first-order chi connectivity index (χ1) is 16.7. The van der Waals surface area contributed by atoms with Crippen LogP contribution in [0.15, 0.2) is 42.6 Å². The number of benzene rings is 1. The van der Waals surface area contributed by atoms with E-state index in [-0.39, 0.29) is 30.3 Å². The van der Waals surface area contributed by atoms with Crippen molar-refractivity contribution in [3.8, 4) is 11.5 Å². The molecule has 0 aliphatic heterocycles. The Morgan fingerprint density at radius 2 is 1.97 bits per heavy atom. The van der Waals surface area contributed by atoms with Crippen LogP contribution in [-0.2, 0) is 28.7 Å². The minimum absolute atomic E-state index is 0.00683. The number of aromatic nitrogens is 1. The normalized spacial score (nSPS) is 15.8. The van der Waals surface area contributed by atoms with Crippen molar-refractivity contribution in [2.24, 2.45) is 0 Å². The minimum Gasteiger partial charge on any atom is -0.490 e. The third-order valence-electron chi connectivity index (χ3n) is 6.13. The molecule has 1 aromatic carbocycles. The van der Waals surface area contributed by atoms with E-state index in [1.807, 2.05) is 18.3 Å². The Kier molecular flexibility index (Phi) is 7.28. The molecule has 5 nitrogen and oxygen atoms in total. The van der Waals surface area contributed by atoms with Crippen molar-refractivity contribution in [3.05, 3.63) is 65.0 Å². The van der Waals surface area contributed by atoms with Crippen LogP contribution in [0.5, 0.6) is 11.5 Å². The maximum atomic E-state index is 13.5. The number of carbonyl (C=O) groups excluding carboxylic acids is 1. The lowest BCUT2D eigenvalue weighted by Gasteiger charge is -2.22. The van der Waals surface area contributed by atoms with Crippen molar-refractivity contribution in [2.75, 3.05) is 6.61 Å². The van der Waals surface area contributed by atoms with Crippen molar-refractivity contribution in [1.29, 1.82) is 0 Å². The molecule has 1 aliphatic carbocycles. The number of ether oxygens (including phenoxy) is 3. The van der Waals surface area contributed by atoms with Gasteiger partial charge in [-0.15, -0.1) is 0 Å². The standard InChI is InChI=1S/C27H30F3NO4/c1-4-33-26(32)13-19-6-5-7-24-22(19)15-20-14-21(10-11-31(20)24)34-16-18-8-9-25(35-17(2)3)23(12-18)27(28,29)30/h8-12,14-15,17,19H,4-7,13,16H2,1-3H3. The van der Waals surface area contributed by atoms with E-state index in [0.717, 1.165) is 36.4 Å². The summed E-state index contributed by atoms with van der Waals surface area (Å²) >= 11 is 0. The smallest absolute Gasteiger partial charge is 0.419 e. The Morgan fingerprint density at radius 1 is 1.17 bits per heavy atom. The number of fused-ring (bicyclic) bond motifs is 3. The highest BCUT2D eigenvalue weighted by Gasteiger charge is 2.35. The van der Waals surface area contributed by atoms with Crippen molar-refractivity contribution in [2.45, 2.75) is 71.3 Å². The summed E-state index contributed by atoms with van der Waals surface area (Å²) in [5, 5.41) is 0. The van der Waals surface area contributed by atoms with Crippen LogP contribution < -0.4 is 9.47 Å². The highest BCUT2D eigenvalue weighted by Crippen LogP contribution is 2.39. The highest BCUT2D eigenvalue weighted by atomic mass is 19.4. The second-order valence-corrected chi connectivity index (χ2v) is 9.09. The molecule has 0 radical (unpaired) electrons. The number of esters is 1. The van der Waals surface area contributed by atoms with E-state index in [0.29, 0.717) is 24.3 Å². The Balaban J connectivity index is 1.52. The molecule has 2 aromatic heterocycles. The van der Waals surface area contributed by atoms with Gasteiger partial charge >= 0.3 is 12.1 Å². The zero-order valence-electron chi connectivity index (χ0n) is 20.2. The fourth-order valence-electron chi connectivity index (χ4n) is 4.66. The third-order valence-corrected chi connectivity index (χ3v) is 6.13. The van der Waals surface area contributed by atoms with Gasteiger partial charge < -0.3 is 18.6 Å². The monoisotopic (exact) mass is 489 g/mol. The molecule has 188 valence electrons. The number of rotatable bonds is 8. The molecule has 8 heteroatoms. The van der Waals surface area contributed by atoms with E-state index in [2.05, 4.69) is 10.5 Å². The van der Waals surface area contributed by atoms with E-state index >= 15 is 0 Å².